The molecule has 1 aliphatic rings. The summed E-state index contributed by atoms with van der Waals surface area (Å²) in [6, 6.07) is 3.94. The third-order valence-electron chi connectivity index (χ3n) is 1.47. The first-order valence-electron chi connectivity index (χ1n) is 3.08. The van der Waals surface area contributed by atoms with Crippen LogP contribution in [-0.4, -0.2) is 18.2 Å². The van der Waals surface area contributed by atoms with Gasteiger partial charge in [-0.05, 0) is 6.92 Å². The Kier molecular flexibility index (Phi) is 1.58. The second-order valence-corrected chi connectivity index (χ2v) is 2.40. The van der Waals surface area contributed by atoms with Crippen molar-refractivity contribution in [3.8, 4) is 12.1 Å². The maximum atomic E-state index is 8.54. The molecule has 0 spiro atoms. The fraction of sp³-hybridized carbons (Fsp3) is 0.667. The standard InChI is InChI=1S/C6H8N4/c1-5-2-9-6(3-7,4-8)10-5/h5,9-10H,2H2,1H3. The number of hydrogen-bond acceptors (Lipinski definition) is 4. The van der Waals surface area contributed by atoms with Gasteiger partial charge < -0.3 is 0 Å². The summed E-state index contributed by atoms with van der Waals surface area (Å²) >= 11 is 0. The van der Waals surface area contributed by atoms with Gasteiger partial charge in [-0.25, -0.2) is 0 Å². The predicted molar refractivity (Wildman–Crippen MR) is 34.6 cm³/mol. The average molecular weight is 136 g/mol. The van der Waals surface area contributed by atoms with Crippen LogP contribution in [-0.2, 0) is 0 Å². The van der Waals surface area contributed by atoms with Gasteiger partial charge in [-0.2, -0.15) is 10.5 Å². The Balaban J connectivity index is 2.74. The van der Waals surface area contributed by atoms with Crippen molar-refractivity contribution < 1.29 is 0 Å². The van der Waals surface area contributed by atoms with Crippen molar-refractivity contribution >= 4 is 0 Å². The van der Waals surface area contributed by atoms with E-state index >= 15 is 0 Å². The fourth-order valence-electron chi connectivity index (χ4n) is 0.946. The summed E-state index contributed by atoms with van der Waals surface area (Å²) in [5.41, 5.74) is -1.14. The highest BCUT2D eigenvalue weighted by Gasteiger charge is 2.36. The molecule has 0 amide bonds. The highest BCUT2D eigenvalue weighted by Crippen LogP contribution is 2.04. The van der Waals surface area contributed by atoms with Crippen molar-refractivity contribution in [2.75, 3.05) is 6.54 Å². The van der Waals surface area contributed by atoms with Crippen LogP contribution in [0.4, 0.5) is 0 Å². The zero-order valence-electron chi connectivity index (χ0n) is 5.68. The van der Waals surface area contributed by atoms with Crippen molar-refractivity contribution in [1.29, 1.82) is 10.5 Å². The van der Waals surface area contributed by atoms with Gasteiger partial charge in [0.15, 0.2) is 0 Å². The Labute approximate surface area is 59.4 Å². The Hall–Kier alpha value is -1.10. The molecule has 0 aromatic rings. The monoisotopic (exact) mass is 136 g/mol. The third-order valence-corrected chi connectivity index (χ3v) is 1.47. The number of hydrogen-bond donors (Lipinski definition) is 2. The molecule has 52 valence electrons. The molecular formula is C6H8N4. The molecule has 4 heteroatoms. The molecule has 10 heavy (non-hydrogen) atoms. The summed E-state index contributed by atoms with van der Waals surface area (Å²) in [6.45, 7) is 2.59. The van der Waals surface area contributed by atoms with Crippen molar-refractivity contribution in [2.24, 2.45) is 0 Å². The molecule has 0 bridgehead atoms. The summed E-state index contributed by atoms with van der Waals surface area (Å²) in [5.74, 6) is 0. The van der Waals surface area contributed by atoms with Crippen molar-refractivity contribution in [1.82, 2.24) is 10.6 Å². The van der Waals surface area contributed by atoms with Crippen LogP contribution in [0.1, 0.15) is 6.92 Å². The maximum Gasteiger partial charge on any atom is 0.247 e. The van der Waals surface area contributed by atoms with Crippen LogP contribution >= 0.6 is 0 Å². The molecule has 0 radical (unpaired) electrons. The van der Waals surface area contributed by atoms with Crippen molar-refractivity contribution in [3.63, 3.8) is 0 Å². The lowest BCUT2D eigenvalue weighted by atomic mass is 10.2. The molecule has 4 nitrogen and oxygen atoms in total. The molecule has 1 saturated heterocycles. The van der Waals surface area contributed by atoms with E-state index in [2.05, 4.69) is 10.6 Å². The van der Waals surface area contributed by atoms with Gasteiger partial charge in [-0.1, -0.05) is 0 Å². The zero-order chi connectivity index (χ0) is 7.61. The smallest absolute Gasteiger partial charge is 0.247 e. The second-order valence-electron chi connectivity index (χ2n) is 2.40. The SMILES string of the molecule is CC1CNC(C#N)(C#N)N1. The zero-order valence-corrected chi connectivity index (χ0v) is 5.68. The molecule has 0 aliphatic carbocycles. The van der Waals surface area contributed by atoms with E-state index in [4.69, 9.17) is 10.5 Å². The molecule has 1 aliphatic heterocycles. The first kappa shape index (κ1) is 7.01. The van der Waals surface area contributed by atoms with E-state index in [1.807, 2.05) is 19.1 Å². The van der Waals surface area contributed by atoms with E-state index in [1.54, 1.807) is 0 Å². The second kappa shape index (κ2) is 2.26. The lowest BCUT2D eigenvalue weighted by Crippen LogP contribution is -2.47. The minimum atomic E-state index is -1.14. The van der Waals surface area contributed by atoms with E-state index < -0.39 is 5.66 Å². The fourth-order valence-corrected chi connectivity index (χ4v) is 0.946. The van der Waals surface area contributed by atoms with Crippen LogP contribution in [0.5, 0.6) is 0 Å². The van der Waals surface area contributed by atoms with Gasteiger partial charge in [0, 0.05) is 12.6 Å². The third kappa shape index (κ3) is 0.950. The average Bonchev–Trinajstić information content (AvgIpc) is 2.33. The van der Waals surface area contributed by atoms with E-state index in [1.165, 1.54) is 0 Å². The predicted octanol–water partition coefficient (Wildman–Crippen LogP) is -0.689. The summed E-state index contributed by atoms with van der Waals surface area (Å²) in [4.78, 5) is 0. The molecule has 0 aromatic carbocycles. The summed E-state index contributed by atoms with van der Waals surface area (Å²) in [5, 5.41) is 22.7. The van der Waals surface area contributed by atoms with Crippen LogP contribution in [0.25, 0.3) is 0 Å². The molecule has 0 aromatic heterocycles. The number of nitrogens with zero attached hydrogens (tertiary/aromatic N) is 2. The highest BCUT2D eigenvalue weighted by molar-refractivity contribution is 5.23. The van der Waals surface area contributed by atoms with Crippen LogP contribution in [0.2, 0.25) is 0 Å². The first-order chi connectivity index (χ1) is 4.72. The topological polar surface area (TPSA) is 71.6 Å². The molecular weight excluding hydrogens is 128 g/mol. The lowest BCUT2D eigenvalue weighted by molar-refractivity contribution is 0.527. The maximum absolute atomic E-state index is 8.54. The van der Waals surface area contributed by atoms with Gasteiger partial charge in [-0.3, -0.25) is 10.6 Å². The van der Waals surface area contributed by atoms with E-state index in [0.717, 1.165) is 0 Å². The Bertz CT molecular complexity index is 195. The largest absolute Gasteiger partial charge is 0.273 e. The molecule has 1 unspecified atom stereocenters. The van der Waals surface area contributed by atoms with Gasteiger partial charge in [0.1, 0.15) is 12.1 Å². The van der Waals surface area contributed by atoms with Crippen LogP contribution in [0.3, 0.4) is 0 Å². The quantitative estimate of drug-likeness (QED) is 0.462. The van der Waals surface area contributed by atoms with Gasteiger partial charge in [0.25, 0.3) is 0 Å². The Morgan fingerprint density at radius 2 is 2.10 bits per heavy atom. The van der Waals surface area contributed by atoms with E-state index in [0.29, 0.717) is 6.54 Å². The minimum absolute atomic E-state index is 0.194. The minimum Gasteiger partial charge on any atom is -0.273 e. The van der Waals surface area contributed by atoms with Crippen molar-refractivity contribution in [2.45, 2.75) is 18.6 Å². The Morgan fingerprint density at radius 3 is 2.30 bits per heavy atom. The summed E-state index contributed by atoms with van der Waals surface area (Å²) in [6.07, 6.45) is 0. The number of nitrogens with one attached hydrogen (secondary N) is 2. The van der Waals surface area contributed by atoms with Crippen LogP contribution in [0.15, 0.2) is 0 Å². The van der Waals surface area contributed by atoms with Crippen LogP contribution in [0, 0.1) is 22.7 Å². The normalized spacial score (nSPS) is 28.9. The molecule has 1 heterocycles. The molecule has 1 fully saturated rings. The van der Waals surface area contributed by atoms with E-state index in [9.17, 15) is 0 Å². The van der Waals surface area contributed by atoms with Gasteiger partial charge in [0.05, 0.1) is 0 Å². The van der Waals surface area contributed by atoms with E-state index in [-0.39, 0.29) is 6.04 Å². The molecule has 2 N–H and O–H groups in total. The molecule has 1 atom stereocenters. The number of nitriles is 2. The van der Waals surface area contributed by atoms with Crippen molar-refractivity contribution in [3.05, 3.63) is 0 Å². The highest BCUT2D eigenvalue weighted by atomic mass is 15.3. The lowest BCUT2D eigenvalue weighted by Gasteiger charge is -2.10. The van der Waals surface area contributed by atoms with Crippen LogP contribution < -0.4 is 10.6 Å². The number of rotatable bonds is 0. The van der Waals surface area contributed by atoms with Gasteiger partial charge >= 0.3 is 0 Å². The first-order valence-corrected chi connectivity index (χ1v) is 3.08. The molecule has 1 rings (SSSR count). The molecule has 0 saturated carbocycles. The Morgan fingerprint density at radius 1 is 1.50 bits per heavy atom. The van der Waals surface area contributed by atoms with Gasteiger partial charge in [0.2, 0.25) is 5.66 Å². The van der Waals surface area contributed by atoms with Gasteiger partial charge in [-0.15, -0.1) is 0 Å². The summed E-state index contributed by atoms with van der Waals surface area (Å²) in [7, 11) is 0. The summed E-state index contributed by atoms with van der Waals surface area (Å²) < 4.78 is 0.